The zero-order valence-electron chi connectivity index (χ0n) is 26.1. The van der Waals surface area contributed by atoms with Crippen LogP contribution in [0.3, 0.4) is 0 Å². The molecule has 0 bridgehead atoms. The van der Waals surface area contributed by atoms with Crippen molar-refractivity contribution < 1.29 is 19.0 Å². The monoisotopic (exact) mass is 685 g/mol. The number of benzene rings is 3. The highest BCUT2D eigenvalue weighted by Gasteiger charge is 2.36. The number of piperazine rings is 1. The standard InChI is InChI=1S/C34H36BrN7O4/c1-44-28-16-23(17-29(45-2)31(28)46-3)15-24-19-37-34(39-32(24)36)38-30-26-18-25(35)9-10-27(26)42(33(30)43)21-41-13-11-40(12-14-41)20-22-7-5-4-6-8-22/h4-10,16-19H,11-15,20-21H2,1-3H3,(H2,36,37,39). The quantitative estimate of drug-likeness (QED) is 0.254. The number of methoxy groups -OCH3 is 3. The van der Waals surface area contributed by atoms with Gasteiger partial charge in [-0.15, -0.1) is 0 Å². The minimum atomic E-state index is -0.191. The van der Waals surface area contributed by atoms with Crippen LogP contribution in [-0.2, 0) is 17.8 Å². The molecule has 0 radical (unpaired) electrons. The third kappa shape index (κ3) is 6.69. The Balaban J connectivity index is 1.18. The van der Waals surface area contributed by atoms with E-state index in [-0.39, 0.29) is 23.4 Å². The molecular formula is C34H36BrN7O4. The number of hydrogen-bond donors (Lipinski definition) is 1. The molecule has 46 heavy (non-hydrogen) atoms. The Morgan fingerprint density at radius 1 is 0.891 bits per heavy atom. The van der Waals surface area contributed by atoms with Gasteiger partial charge in [0.2, 0.25) is 5.75 Å². The first-order valence-electron chi connectivity index (χ1n) is 15.0. The number of rotatable bonds is 10. The number of nitrogens with zero attached hydrogens (tertiary/aromatic N) is 6. The second-order valence-electron chi connectivity index (χ2n) is 11.2. The molecule has 0 unspecified atom stereocenters. The molecule has 0 spiro atoms. The highest BCUT2D eigenvalue weighted by molar-refractivity contribution is 9.10. The van der Waals surface area contributed by atoms with Crippen LogP contribution in [0.5, 0.6) is 17.2 Å². The van der Waals surface area contributed by atoms with Crippen molar-refractivity contribution in [2.75, 3.05) is 64.8 Å². The van der Waals surface area contributed by atoms with Gasteiger partial charge in [-0.25, -0.2) is 9.98 Å². The molecule has 0 saturated carbocycles. The van der Waals surface area contributed by atoms with Gasteiger partial charge in [-0.1, -0.05) is 46.3 Å². The van der Waals surface area contributed by atoms with Crippen LogP contribution in [0.2, 0.25) is 0 Å². The topological polar surface area (TPSA) is 119 Å². The Kier molecular flexibility index (Phi) is 9.48. The molecule has 12 heteroatoms. The van der Waals surface area contributed by atoms with Gasteiger partial charge in [0.05, 0.1) is 33.7 Å². The maximum Gasteiger partial charge on any atom is 0.278 e. The van der Waals surface area contributed by atoms with Gasteiger partial charge >= 0.3 is 0 Å². The molecule has 1 aromatic heterocycles. The predicted molar refractivity (Wildman–Crippen MR) is 181 cm³/mol. The summed E-state index contributed by atoms with van der Waals surface area (Å²) in [6, 6.07) is 20.0. The normalized spacial score (nSPS) is 16.1. The molecule has 238 valence electrons. The highest BCUT2D eigenvalue weighted by atomic mass is 79.9. The first kappa shape index (κ1) is 31.5. The van der Waals surface area contributed by atoms with Crippen molar-refractivity contribution in [3.63, 3.8) is 0 Å². The summed E-state index contributed by atoms with van der Waals surface area (Å²) in [6.45, 7) is 4.99. The van der Waals surface area contributed by atoms with Gasteiger partial charge in [-0.05, 0) is 41.5 Å². The summed E-state index contributed by atoms with van der Waals surface area (Å²) in [5, 5.41) is 0. The molecule has 6 rings (SSSR count). The lowest BCUT2D eigenvalue weighted by atomic mass is 10.1. The number of halogens is 1. The van der Waals surface area contributed by atoms with Crippen LogP contribution in [0, 0.1) is 0 Å². The zero-order valence-corrected chi connectivity index (χ0v) is 27.7. The molecule has 2 aliphatic heterocycles. The van der Waals surface area contributed by atoms with Crippen molar-refractivity contribution in [1.82, 2.24) is 19.8 Å². The van der Waals surface area contributed by atoms with E-state index in [0.29, 0.717) is 35.9 Å². The average Bonchev–Trinajstić information content (AvgIpc) is 3.31. The molecule has 3 aromatic carbocycles. The summed E-state index contributed by atoms with van der Waals surface area (Å²) >= 11 is 3.55. The molecule has 1 fully saturated rings. The van der Waals surface area contributed by atoms with Gasteiger partial charge in [0.1, 0.15) is 11.5 Å². The number of ether oxygens (including phenoxy) is 3. The Labute approximate surface area is 276 Å². The Hall–Kier alpha value is -4.52. The number of fused-ring (bicyclic) bond motifs is 1. The number of anilines is 2. The molecular weight excluding hydrogens is 650 g/mol. The van der Waals surface area contributed by atoms with Crippen LogP contribution in [0.25, 0.3) is 0 Å². The second-order valence-corrected chi connectivity index (χ2v) is 12.1. The minimum absolute atomic E-state index is 0.122. The first-order chi connectivity index (χ1) is 22.4. The highest BCUT2D eigenvalue weighted by Crippen LogP contribution is 2.39. The maximum absolute atomic E-state index is 13.8. The second kappa shape index (κ2) is 13.9. The first-order valence-corrected chi connectivity index (χ1v) is 15.8. The van der Waals surface area contributed by atoms with Crippen LogP contribution in [-0.4, -0.2) is 85.6 Å². The van der Waals surface area contributed by atoms with E-state index in [1.54, 1.807) is 32.4 Å². The number of amides is 1. The van der Waals surface area contributed by atoms with Crippen LogP contribution in [0.15, 0.2) is 76.3 Å². The van der Waals surface area contributed by atoms with E-state index in [1.807, 2.05) is 36.4 Å². The lowest BCUT2D eigenvalue weighted by Gasteiger charge is -2.36. The fourth-order valence-electron chi connectivity index (χ4n) is 5.82. The number of carbonyl (C=O) groups is 1. The smallest absolute Gasteiger partial charge is 0.278 e. The lowest BCUT2D eigenvalue weighted by Crippen LogP contribution is -2.50. The van der Waals surface area contributed by atoms with Crippen molar-refractivity contribution in [1.29, 1.82) is 0 Å². The molecule has 0 aliphatic carbocycles. The SMILES string of the molecule is COc1cc(Cc2cnc(N=C3C(=O)N(CN4CCN(Cc5ccccc5)CC4)c4ccc(Br)cc43)nc2N)cc(OC)c1OC. The van der Waals surface area contributed by atoms with Crippen molar-refractivity contribution in [3.8, 4) is 17.2 Å². The molecule has 4 aromatic rings. The van der Waals surface area contributed by atoms with Gasteiger partial charge in [-0.3, -0.25) is 19.5 Å². The van der Waals surface area contributed by atoms with E-state index in [2.05, 4.69) is 65.0 Å². The van der Waals surface area contributed by atoms with Crippen molar-refractivity contribution in [3.05, 3.63) is 93.6 Å². The molecule has 3 heterocycles. The van der Waals surface area contributed by atoms with Gasteiger partial charge in [0.15, 0.2) is 11.5 Å². The summed E-state index contributed by atoms with van der Waals surface area (Å²) in [5.74, 6) is 1.80. The fourth-order valence-corrected chi connectivity index (χ4v) is 6.18. The third-order valence-corrected chi connectivity index (χ3v) is 8.72. The summed E-state index contributed by atoms with van der Waals surface area (Å²) in [5.41, 5.74) is 11.1. The fraction of sp³-hybridized carbons (Fsp3) is 0.294. The van der Waals surface area contributed by atoms with Gasteiger partial charge < -0.3 is 19.9 Å². The summed E-state index contributed by atoms with van der Waals surface area (Å²) in [6.07, 6.45) is 2.07. The van der Waals surface area contributed by atoms with Crippen LogP contribution >= 0.6 is 15.9 Å². The van der Waals surface area contributed by atoms with Crippen LogP contribution < -0.4 is 24.8 Å². The molecule has 2 N–H and O–H groups in total. The number of nitrogens with two attached hydrogens (primary N) is 1. The van der Waals surface area contributed by atoms with E-state index in [9.17, 15) is 4.79 Å². The van der Waals surface area contributed by atoms with Gasteiger partial charge in [-0.2, -0.15) is 4.98 Å². The predicted octanol–water partition coefficient (Wildman–Crippen LogP) is 4.68. The Morgan fingerprint density at radius 2 is 1.59 bits per heavy atom. The number of carbonyl (C=O) groups excluding carboxylic acids is 1. The molecule has 1 saturated heterocycles. The van der Waals surface area contributed by atoms with Crippen molar-refractivity contribution in [2.45, 2.75) is 13.0 Å². The Bertz CT molecular complexity index is 1740. The molecule has 0 atom stereocenters. The molecule has 2 aliphatic rings. The summed E-state index contributed by atoms with van der Waals surface area (Å²) in [4.78, 5) is 33.9. The van der Waals surface area contributed by atoms with Crippen molar-refractivity contribution in [2.24, 2.45) is 4.99 Å². The third-order valence-electron chi connectivity index (χ3n) is 8.22. The van der Waals surface area contributed by atoms with E-state index in [1.165, 1.54) is 5.56 Å². The minimum Gasteiger partial charge on any atom is -0.493 e. The lowest BCUT2D eigenvalue weighted by molar-refractivity contribution is -0.112. The largest absolute Gasteiger partial charge is 0.493 e. The zero-order chi connectivity index (χ0) is 32.2. The maximum atomic E-state index is 13.8. The number of aromatic nitrogens is 2. The Morgan fingerprint density at radius 3 is 2.24 bits per heavy atom. The van der Waals surface area contributed by atoms with E-state index in [4.69, 9.17) is 19.9 Å². The summed E-state index contributed by atoms with van der Waals surface area (Å²) in [7, 11) is 4.70. The van der Waals surface area contributed by atoms with Gasteiger partial charge in [0, 0.05) is 60.9 Å². The number of nitrogen functional groups attached to an aromatic ring is 1. The van der Waals surface area contributed by atoms with Gasteiger partial charge in [0.25, 0.3) is 11.9 Å². The van der Waals surface area contributed by atoms with Crippen molar-refractivity contribution >= 4 is 45.0 Å². The van der Waals surface area contributed by atoms with Crippen LogP contribution in [0.1, 0.15) is 22.3 Å². The number of hydrogen-bond acceptors (Lipinski definition) is 10. The summed E-state index contributed by atoms with van der Waals surface area (Å²) < 4.78 is 17.2. The molecule has 1 amide bonds. The van der Waals surface area contributed by atoms with E-state index >= 15 is 0 Å². The van der Waals surface area contributed by atoms with Crippen LogP contribution in [0.4, 0.5) is 17.5 Å². The van der Waals surface area contributed by atoms with E-state index in [0.717, 1.165) is 54.0 Å². The molecule has 11 nitrogen and oxygen atoms in total. The van der Waals surface area contributed by atoms with E-state index < -0.39 is 0 Å². The average molecular weight is 687 g/mol. The number of aliphatic imine (C=N–C) groups is 1.